The minimum atomic E-state index is -4.39. The number of nitrogens with one attached hydrogen (secondary N) is 1. The van der Waals surface area contributed by atoms with Crippen LogP contribution in [0, 0.1) is 0 Å². The number of rotatable bonds is 4. The van der Waals surface area contributed by atoms with Gasteiger partial charge in [-0.15, -0.1) is 0 Å². The van der Waals surface area contributed by atoms with Gasteiger partial charge in [-0.3, -0.25) is 4.68 Å². The highest BCUT2D eigenvalue weighted by Gasteiger charge is 2.34. The molecule has 0 saturated carbocycles. The first-order valence-electron chi connectivity index (χ1n) is 5.88. The molecule has 0 amide bonds. The second-order valence-corrected chi connectivity index (χ2v) is 4.23. The van der Waals surface area contributed by atoms with Crippen LogP contribution in [0.1, 0.15) is 11.4 Å². The summed E-state index contributed by atoms with van der Waals surface area (Å²) in [6.45, 7) is 0.205. The third-order valence-corrected chi connectivity index (χ3v) is 2.76. The predicted octanol–water partition coefficient (Wildman–Crippen LogP) is 3.06. The molecule has 0 aliphatic heterocycles. The van der Waals surface area contributed by atoms with Crippen molar-refractivity contribution < 1.29 is 17.9 Å². The minimum absolute atomic E-state index is 0.205. The van der Waals surface area contributed by atoms with Gasteiger partial charge in [0.2, 0.25) is 0 Å². The number of hydrogen-bond acceptors (Lipinski definition) is 3. The molecule has 0 spiro atoms. The lowest BCUT2D eigenvalue weighted by Gasteiger charge is -2.06. The zero-order valence-corrected chi connectivity index (χ0v) is 11.0. The fraction of sp³-hybridized carbons (Fsp3) is 0.308. The van der Waals surface area contributed by atoms with Crippen LogP contribution in [0.25, 0.3) is 0 Å². The molecule has 2 aromatic rings. The first-order valence-corrected chi connectivity index (χ1v) is 5.88. The van der Waals surface area contributed by atoms with E-state index >= 15 is 0 Å². The van der Waals surface area contributed by atoms with Crippen molar-refractivity contribution in [2.75, 3.05) is 12.4 Å². The summed E-state index contributed by atoms with van der Waals surface area (Å²) in [6, 6.07) is 8.17. The van der Waals surface area contributed by atoms with Gasteiger partial charge in [-0.1, -0.05) is 6.07 Å². The van der Waals surface area contributed by atoms with E-state index in [9.17, 15) is 13.2 Å². The predicted molar refractivity (Wildman–Crippen MR) is 68.5 cm³/mol. The molecule has 1 aromatic heterocycles. The number of hydrogen-bond donors (Lipinski definition) is 1. The maximum absolute atomic E-state index is 12.6. The molecular weight excluding hydrogens is 271 g/mol. The van der Waals surface area contributed by atoms with Gasteiger partial charge in [0.05, 0.1) is 19.3 Å². The molecule has 1 heterocycles. The highest BCUT2D eigenvalue weighted by molar-refractivity contribution is 5.48. The zero-order chi connectivity index (χ0) is 14.8. The number of aryl methyl sites for hydroxylation is 1. The molecule has 0 unspecified atom stereocenters. The Balaban J connectivity index is 2.07. The van der Waals surface area contributed by atoms with E-state index in [1.165, 1.54) is 7.05 Å². The molecule has 20 heavy (non-hydrogen) atoms. The Labute approximate surface area is 114 Å². The van der Waals surface area contributed by atoms with Crippen LogP contribution < -0.4 is 10.1 Å². The summed E-state index contributed by atoms with van der Waals surface area (Å²) in [5, 5.41) is 6.84. The van der Waals surface area contributed by atoms with Crippen molar-refractivity contribution >= 4 is 5.69 Å². The van der Waals surface area contributed by atoms with Gasteiger partial charge < -0.3 is 10.1 Å². The molecule has 2 rings (SSSR count). The maximum atomic E-state index is 12.6. The molecule has 108 valence electrons. The van der Waals surface area contributed by atoms with Crippen molar-refractivity contribution in [1.82, 2.24) is 9.78 Å². The average molecular weight is 285 g/mol. The monoisotopic (exact) mass is 285 g/mol. The van der Waals surface area contributed by atoms with Crippen LogP contribution in [-0.4, -0.2) is 16.9 Å². The lowest BCUT2D eigenvalue weighted by molar-refractivity contribution is -0.143. The number of ether oxygens (including phenoxy) is 1. The van der Waals surface area contributed by atoms with Gasteiger partial charge in [0.15, 0.2) is 0 Å². The van der Waals surface area contributed by atoms with Crippen molar-refractivity contribution in [2.24, 2.45) is 7.05 Å². The Hall–Kier alpha value is -2.18. The van der Waals surface area contributed by atoms with Crippen molar-refractivity contribution in [3.63, 3.8) is 0 Å². The number of alkyl halides is 3. The molecule has 1 N–H and O–H groups in total. The second kappa shape index (κ2) is 5.44. The quantitative estimate of drug-likeness (QED) is 0.938. The van der Waals surface area contributed by atoms with Crippen LogP contribution in [-0.2, 0) is 19.8 Å². The van der Waals surface area contributed by atoms with E-state index in [1.54, 1.807) is 31.4 Å². The van der Waals surface area contributed by atoms with Crippen molar-refractivity contribution in [3.05, 3.63) is 41.7 Å². The zero-order valence-electron chi connectivity index (χ0n) is 11.0. The average Bonchev–Trinajstić information content (AvgIpc) is 2.78. The molecule has 4 nitrogen and oxygen atoms in total. The van der Waals surface area contributed by atoms with Gasteiger partial charge >= 0.3 is 6.18 Å². The Morgan fingerprint density at radius 3 is 2.65 bits per heavy atom. The number of aromatic nitrogens is 2. The van der Waals surface area contributed by atoms with Gasteiger partial charge in [-0.25, -0.2) is 0 Å². The van der Waals surface area contributed by atoms with Gasteiger partial charge in [0.1, 0.15) is 11.4 Å². The number of anilines is 1. The summed E-state index contributed by atoms with van der Waals surface area (Å²) in [6.07, 6.45) is -4.39. The lowest BCUT2D eigenvalue weighted by atomic mass is 10.3. The number of nitrogens with zero attached hydrogens (tertiary/aromatic N) is 2. The van der Waals surface area contributed by atoms with E-state index in [0.29, 0.717) is 11.4 Å². The van der Waals surface area contributed by atoms with E-state index < -0.39 is 11.9 Å². The summed E-state index contributed by atoms with van der Waals surface area (Å²) in [5.74, 6) is 0.673. The second-order valence-electron chi connectivity index (χ2n) is 4.23. The van der Waals surface area contributed by atoms with Gasteiger partial charge in [0, 0.05) is 18.8 Å². The van der Waals surface area contributed by atoms with E-state index in [2.05, 4.69) is 10.4 Å². The van der Waals surface area contributed by atoms with Crippen LogP contribution in [0.15, 0.2) is 30.3 Å². The van der Waals surface area contributed by atoms with Gasteiger partial charge in [-0.05, 0) is 18.2 Å². The minimum Gasteiger partial charge on any atom is -0.497 e. The molecule has 1 aromatic carbocycles. The SMILES string of the molecule is COc1cccc(NCc2cc(C(F)(F)F)n(C)n2)c1. The Morgan fingerprint density at radius 1 is 1.30 bits per heavy atom. The smallest absolute Gasteiger partial charge is 0.433 e. The van der Waals surface area contributed by atoms with Crippen molar-refractivity contribution in [1.29, 1.82) is 0 Å². The topological polar surface area (TPSA) is 39.1 Å². The standard InChI is InChI=1S/C13H14F3N3O/c1-19-12(13(14,15)16)7-10(18-19)8-17-9-4-3-5-11(6-9)20-2/h3-7,17H,8H2,1-2H3. The highest BCUT2D eigenvalue weighted by atomic mass is 19.4. The Kier molecular flexibility index (Phi) is 3.87. The summed E-state index contributed by atoms with van der Waals surface area (Å²) in [7, 11) is 2.82. The normalized spacial score (nSPS) is 11.4. The summed E-state index contributed by atoms with van der Waals surface area (Å²) in [4.78, 5) is 0. The molecule has 0 aliphatic rings. The molecule has 7 heteroatoms. The molecule has 0 bridgehead atoms. The lowest BCUT2D eigenvalue weighted by Crippen LogP contribution is -2.11. The number of benzene rings is 1. The van der Waals surface area contributed by atoms with Crippen molar-refractivity contribution in [2.45, 2.75) is 12.7 Å². The number of methoxy groups -OCH3 is 1. The van der Waals surface area contributed by atoms with E-state index in [1.807, 2.05) is 0 Å². The third kappa shape index (κ3) is 3.23. The molecule has 0 radical (unpaired) electrons. The fourth-order valence-corrected chi connectivity index (χ4v) is 1.80. The largest absolute Gasteiger partial charge is 0.497 e. The first-order chi connectivity index (χ1) is 9.40. The third-order valence-electron chi connectivity index (χ3n) is 2.76. The molecular formula is C13H14F3N3O. The van der Waals surface area contributed by atoms with Crippen LogP contribution >= 0.6 is 0 Å². The van der Waals surface area contributed by atoms with E-state index in [-0.39, 0.29) is 6.54 Å². The van der Waals surface area contributed by atoms with Crippen LogP contribution in [0.5, 0.6) is 5.75 Å². The molecule has 0 atom stereocenters. The van der Waals surface area contributed by atoms with Gasteiger partial charge in [0.25, 0.3) is 0 Å². The van der Waals surface area contributed by atoms with Crippen LogP contribution in [0.4, 0.5) is 18.9 Å². The molecule has 0 fully saturated rings. The first kappa shape index (κ1) is 14.2. The molecule has 0 saturated heterocycles. The summed E-state index contributed by atoms with van der Waals surface area (Å²) in [5.41, 5.74) is 0.311. The number of halogens is 3. The van der Waals surface area contributed by atoms with Crippen molar-refractivity contribution in [3.8, 4) is 5.75 Å². The van der Waals surface area contributed by atoms with Crippen LogP contribution in [0.2, 0.25) is 0 Å². The van der Waals surface area contributed by atoms with Gasteiger partial charge in [-0.2, -0.15) is 18.3 Å². The highest BCUT2D eigenvalue weighted by Crippen LogP contribution is 2.29. The molecule has 0 aliphatic carbocycles. The fourth-order valence-electron chi connectivity index (χ4n) is 1.80. The van der Waals surface area contributed by atoms with E-state index in [4.69, 9.17) is 4.74 Å². The van der Waals surface area contributed by atoms with Crippen LogP contribution in [0.3, 0.4) is 0 Å². The maximum Gasteiger partial charge on any atom is 0.433 e. The Morgan fingerprint density at radius 2 is 2.05 bits per heavy atom. The van der Waals surface area contributed by atoms with E-state index in [0.717, 1.165) is 16.4 Å². The summed E-state index contributed by atoms with van der Waals surface area (Å²) < 4.78 is 43.8. The Bertz CT molecular complexity index is 593. The summed E-state index contributed by atoms with van der Waals surface area (Å²) >= 11 is 0.